The Morgan fingerprint density at radius 3 is 2.50 bits per heavy atom. The monoisotopic (exact) mass is 299 g/mol. The summed E-state index contributed by atoms with van der Waals surface area (Å²) in [6.07, 6.45) is 2.16. The zero-order valence-electron chi connectivity index (χ0n) is 12.8. The number of hydrogen-bond acceptors (Lipinski definition) is 5. The second-order valence-electron chi connectivity index (χ2n) is 5.10. The van der Waals surface area contributed by atoms with Crippen LogP contribution in [0.15, 0.2) is 30.5 Å². The smallest absolute Gasteiger partial charge is 0.212 e. The first-order chi connectivity index (χ1) is 10.7. The first-order valence-electron chi connectivity index (χ1n) is 6.97. The maximum Gasteiger partial charge on any atom is 0.212 e. The molecule has 0 aliphatic heterocycles. The molecule has 0 saturated carbocycles. The predicted molar refractivity (Wildman–Crippen MR) is 81.1 cm³/mol. The molecule has 2 aromatic rings. The van der Waals surface area contributed by atoms with Crippen LogP contribution in [0.1, 0.15) is 33.8 Å². The minimum atomic E-state index is -0.0539. The number of Topliss-reactive ketones (excluding diaryl/α,β-unsaturated/α-hetero) is 1. The third kappa shape index (κ3) is 2.28. The fourth-order valence-corrected chi connectivity index (χ4v) is 2.88. The maximum atomic E-state index is 12.4. The van der Waals surface area contributed by atoms with E-state index < -0.39 is 0 Å². The average Bonchev–Trinajstić information content (AvgIpc) is 2.91. The minimum Gasteiger partial charge on any atom is -0.497 e. The molecule has 0 saturated heterocycles. The zero-order valence-corrected chi connectivity index (χ0v) is 12.8. The zero-order chi connectivity index (χ0) is 15.7. The van der Waals surface area contributed by atoms with Crippen LogP contribution in [0.4, 0.5) is 0 Å². The molecule has 0 N–H and O–H groups in total. The van der Waals surface area contributed by atoms with Gasteiger partial charge >= 0.3 is 0 Å². The fourth-order valence-electron chi connectivity index (χ4n) is 2.88. The summed E-state index contributed by atoms with van der Waals surface area (Å²) in [4.78, 5) is 16.6. The van der Waals surface area contributed by atoms with Gasteiger partial charge in [0.15, 0.2) is 5.78 Å². The molecule has 1 aromatic heterocycles. The fraction of sp³-hybridized carbons (Fsp3) is 0.294. The highest BCUT2D eigenvalue weighted by Gasteiger charge is 2.34. The van der Waals surface area contributed by atoms with E-state index >= 15 is 0 Å². The number of ether oxygens (including phenoxy) is 3. The number of aromatic nitrogens is 1. The molecule has 1 unspecified atom stereocenters. The van der Waals surface area contributed by atoms with Crippen LogP contribution in [-0.2, 0) is 0 Å². The van der Waals surface area contributed by atoms with E-state index in [-0.39, 0.29) is 11.7 Å². The van der Waals surface area contributed by atoms with Gasteiger partial charge in [-0.1, -0.05) is 6.07 Å². The summed E-state index contributed by atoms with van der Waals surface area (Å²) in [7, 11) is 4.75. The molecular weight excluding hydrogens is 282 g/mol. The third-order valence-electron chi connectivity index (χ3n) is 3.98. The summed E-state index contributed by atoms with van der Waals surface area (Å²) in [5, 5.41) is 0. The molecule has 0 bridgehead atoms. The van der Waals surface area contributed by atoms with Crippen LogP contribution in [0, 0.1) is 0 Å². The normalized spacial score (nSPS) is 16.3. The SMILES string of the molecule is COc1cc(OC)c2c(c1)C(=O)CC2c1ccc(OC)nc1. The Morgan fingerprint density at radius 1 is 1.09 bits per heavy atom. The molecule has 1 heterocycles. The number of rotatable bonds is 4. The van der Waals surface area contributed by atoms with Crippen molar-refractivity contribution in [1.29, 1.82) is 0 Å². The van der Waals surface area contributed by atoms with Crippen molar-refractivity contribution in [2.45, 2.75) is 12.3 Å². The predicted octanol–water partition coefficient (Wildman–Crippen LogP) is 2.83. The van der Waals surface area contributed by atoms with Gasteiger partial charge < -0.3 is 14.2 Å². The molecule has 0 amide bonds. The Kier molecular flexibility index (Phi) is 3.71. The van der Waals surface area contributed by atoms with Crippen LogP contribution in [0.3, 0.4) is 0 Å². The molecule has 1 aromatic carbocycles. The minimum absolute atomic E-state index is 0.0539. The molecule has 0 fully saturated rings. The molecule has 0 spiro atoms. The Balaban J connectivity index is 2.09. The largest absolute Gasteiger partial charge is 0.497 e. The van der Waals surface area contributed by atoms with E-state index in [1.807, 2.05) is 6.07 Å². The van der Waals surface area contributed by atoms with Crippen molar-refractivity contribution < 1.29 is 19.0 Å². The Labute approximate surface area is 128 Å². The lowest BCUT2D eigenvalue weighted by Gasteiger charge is -2.15. The van der Waals surface area contributed by atoms with Crippen LogP contribution in [0.25, 0.3) is 0 Å². The van der Waals surface area contributed by atoms with Gasteiger partial charge in [-0.25, -0.2) is 4.98 Å². The molecule has 1 aliphatic rings. The lowest BCUT2D eigenvalue weighted by atomic mass is 9.93. The van der Waals surface area contributed by atoms with Gasteiger partial charge in [0, 0.05) is 41.8 Å². The van der Waals surface area contributed by atoms with E-state index in [0.717, 1.165) is 11.1 Å². The number of nitrogens with zero attached hydrogens (tertiary/aromatic N) is 1. The number of hydrogen-bond donors (Lipinski definition) is 0. The van der Waals surface area contributed by atoms with Crippen LogP contribution in [-0.4, -0.2) is 32.1 Å². The quantitative estimate of drug-likeness (QED) is 0.869. The lowest BCUT2D eigenvalue weighted by molar-refractivity contribution is 0.0991. The Hall–Kier alpha value is -2.56. The summed E-state index contributed by atoms with van der Waals surface area (Å²) in [5.41, 5.74) is 2.54. The molecular formula is C17H17NO4. The molecule has 1 atom stereocenters. The summed E-state index contributed by atoms with van der Waals surface area (Å²) >= 11 is 0. The standard InChI is InChI=1S/C17H17NO4/c1-20-11-6-13-14(19)8-12(17(13)15(7-11)21-2)10-4-5-16(22-3)18-9-10/h4-7,9,12H,8H2,1-3H3. The molecule has 1 aliphatic carbocycles. The van der Waals surface area contributed by atoms with E-state index in [4.69, 9.17) is 14.2 Å². The van der Waals surface area contributed by atoms with Crippen LogP contribution < -0.4 is 14.2 Å². The summed E-state index contributed by atoms with van der Waals surface area (Å²) in [6, 6.07) is 7.31. The van der Waals surface area contributed by atoms with Crippen molar-refractivity contribution in [3.05, 3.63) is 47.2 Å². The summed E-state index contributed by atoms with van der Waals surface area (Å²) in [5.74, 6) is 1.88. The van der Waals surface area contributed by atoms with Gasteiger partial charge in [-0.05, 0) is 11.6 Å². The van der Waals surface area contributed by atoms with Crippen molar-refractivity contribution in [2.75, 3.05) is 21.3 Å². The number of carbonyl (C=O) groups excluding carboxylic acids is 1. The topological polar surface area (TPSA) is 57.7 Å². The van der Waals surface area contributed by atoms with Gasteiger partial charge in [-0.2, -0.15) is 0 Å². The first-order valence-corrected chi connectivity index (χ1v) is 6.97. The molecule has 3 rings (SSSR count). The number of fused-ring (bicyclic) bond motifs is 1. The van der Waals surface area contributed by atoms with E-state index in [0.29, 0.717) is 29.4 Å². The highest BCUT2D eigenvalue weighted by Crippen LogP contribution is 2.45. The van der Waals surface area contributed by atoms with Crippen molar-refractivity contribution in [3.8, 4) is 17.4 Å². The number of benzene rings is 1. The highest BCUT2D eigenvalue weighted by atomic mass is 16.5. The molecule has 114 valence electrons. The van der Waals surface area contributed by atoms with E-state index in [9.17, 15) is 4.79 Å². The second-order valence-corrected chi connectivity index (χ2v) is 5.10. The number of pyridine rings is 1. The van der Waals surface area contributed by atoms with Gasteiger partial charge in [-0.3, -0.25) is 4.79 Å². The van der Waals surface area contributed by atoms with E-state index in [2.05, 4.69) is 4.98 Å². The Morgan fingerprint density at radius 2 is 1.91 bits per heavy atom. The van der Waals surface area contributed by atoms with E-state index in [1.165, 1.54) is 0 Å². The lowest BCUT2D eigenvalue weighted by Crippen LogP contribution is -2.01. The third-order valence-corrected chi connectivity index (χ3v) is 3.98. The number of carbonyl (C=O) groups is 1. The van der Waals surface area contributed by atoms with Gasteiger partial charge in [0.1, 0.15) is 11.5 Å². The average molecular weight is 299 g/mol. The maximum absolute atomic E-state index is 12.4. The molecule has 22 heavy (non-hydrogen) atoms. The van der Waals surface area contributed by atoms with Gasteiger partial charge in [0.05, 0.1) is 21.3 Å². The molecule has 0 radical (unpaired) electrons. The highest BCUT2D eigenvalue weighted by molar-refractivity contribution is 6.03. The van der Waals surface area contributed by atoms with Crippen molar-refractivity contribution >= 4 is 5.78 Å². The first kappa shape index (κ1) is 14.4. The molecule has 5 heteroatoms. The van der Waals surface area contributed by atoms with Gasteiger partial charge in [-0.15, -0.1) is 0 Å². The van der Waals surface area contributed by atoms with Crippen LogP contribution >= 0.6 is 0 Å². The van der Waals surface area contributed by atoms with Crippen molar-refractivity contribution in [1.82, 2.24) is 4.98 Å². The van der Waals surface area contributed by atoms with Gasteiger partial charge in [0.2, 0.25) is 5.88 Å². The van der Waals surface area contributed by atoms with Crippen LogP contribution in [0.2, 0.25) is 0 Å². The van der Waals surface area contributed by atoms with Crippen LogP contribution in [0.5, 0.6) is 17.4 Å². The Bertz CT molecular complexity index is 709. The molecule has 5 nitrogen and oxygen atoms in total. The number of methoxy groups -OCH3 is 3. The summed E-state index contributed by atoms with van der Waals surface area (Å²) in [6.45, 7) is 0. The van der Waals surface area contributed by atoms with E-state index in [1.54, 1.807) is 45.7 Å². The van der Waals surface area contributed by atoms with Crippen molar-refractivity contribution in [3.63, 3.8) is 0 Å². The summed E-state index contributed by atoms with van der Waals surface area (Å²) < 4.78 is 15.8. The number of ketones is 1. The van der Waals surface area contributed by atoms with Crippen molar-refractivity contribution in [2.24, 2.45) is 0 Å². The van der Waals surface area contributed by atoms with Gasteiger partial charge in [0.25, 0.3) is 0 Å². The second kappa shape index (κ2) is 5.67.